The number of carbonyl (C=O) groups is 1. The number of sulfonamides is 1. The maximum absolute atomic E-state index is 12.5. The Labute approximate surface area is 198 Å². The fourth-order valence-corrected chi connectivity index (χ4v) is 4.36. The van der Waals surface area contributed by atoms with Crippen molar-refractivity contribution in [1.82, 2.24) is 19.8 Å². The topological polar surface area (TPSA) is 103 Å². The van der Waals surface area contributed by atoms with Gasteiger partial charge in [0.15, 0.2) is 5.96 Å². The largest absolute Gasteiger partial charge is 0.378 e. The average molecular weight is 560 g/mol. The molecule has 0 aromatic rings. The molecule has 1 saturated carbocycles. The zero-order valence-corrected chi connectivity index (χ0v) is 21.6. The standard InChI is InChI=1S/C19H37N5O4S.HI/c1-4-20-19(21-9-5-6-18(25)22-17-7-8-17)23-10-12-24(13-11-23)29(26,27)15-14-28-16(2)3;/h16-17H,4-15H2,1-3H3,(H,20,21)(H,22,25);1H. The molecular weight excluding hydrogens is 521 g/mol. The zero-order valence-electron chi connectivity index (χ0n) is 18.4. The van der Waals surface area contributed by atoms with Crippen LogP contribution in [0.1, 0.15) is 46.5 Å². The van der Waals surface area contributed by atoms with Gasteiger partial charge in [-0.15, -0.1) is 24.0 Å². The van der Waals surface area contributed by atoms with Crippen LogP contribution in [0.25, 0.3) is 0 Å². The maximum atomic E-state index is 12.5. The Morgan fingerprint density at radius 1 is 1.20 bits per heavy atom. The smallest absolute Gasteiger partial charge is 0.220 e. The van der Waals surface area contributed by atoms with Crippen LogP contribution in [0.3, 0.4) is 0 Å². The van der Waals surface area contributed by atoms with Crippen LogP contribution in [0.5, 0.6) is 0 Å². The van der Waals surface area contributed by atoms with Crippen molar-refractivity contribution in [2.45, 2.75) is 58.6 Å². The second-order valence-electron chi connectivity index (χ2n) is 7.80. The van der Waals surface area contributed by atoms with Crippen LogP contribution in [0, 0.1) is 0 Å². The van der Waals surface area contributed by atoms with E-state index >= 15 is 0 Å². The summed E-state index contributed by atoms with van der Waals surface area (Å²) < 4.78 is 31.9. The third-order valence-electron chi connectivity index (χ3n) is 4.82. The molecule has 0 atom stereocenters. The summed E-state index contributed by atoms with van der Waals surface area (Å²) >= 11 is 0. The number of aliphatic imine (C=N–C) groups is 1. The van der Waals surface area contributed by atoms with Crippen molar-refractivity contribution in [3.8, 4) is 0 Å². The summed E-state index contributed by atoms with van der Waals surface area (Å²) in [6, 6.07) is 0.396. The van der Waals surface area contributed by atoms with Gasteiger partial charge >= 0.3 is 0 Å². The van der Waals surface area contributed by atoms with Crippen molar-refractivity contribution in [3.63, 3.8) is 0 Å². The average Bonchev–Trinajstić information content (AvgIpc) is 3.48. The highest BCUT2D eigenvalue weighted by atomic mass is 127. The molecule has 1 amide bonds. The van der Waals surface area contributed by atoms with Crippen molar-refractivity contribution < 1.29 is 17.9 Å². The van der Waals surface area contributed by atoms with Crippen LogP contribution in [-0.4, -0.2) is 93.3 Å². The predicted molar refractivity (Wildman–Crippen MR) is 130 cm³/mol. The van der Waals surface area contributed by atoms with E-state index in [0.717, 1.165) is 25.3 Å². The van der Waals surface area contributed by atoms with Gasteiger partial charge < -0.3 is 20.3 Å². The molecule has 9 nitrogen and oxygen atoms in total. The van der Waals surface area contributed by atoms with Crippen LogP contribution < -0.4 is 10.6 Å². The molecule has 0 aromatic heterocycles. The molecule has 1 saturated heterocycles. The lowest BCUT2D eigenvalue weighted by Crippen LogP contribution is -2.54. The third kappa shape index (κ3) is 10.1. The summed E-state index contributed by atoms with van der Waals surface area (Å²) in [6.45, 7) is 9.41. The fraction of sp³-hybridized carbons (Fsp3) is 0.895. The molecule has 2 fully saturated rings. The Bertz CT molecular complexity index is 647. The quantitative estimate of drug-likeness (QED) is 0.170. The normalized spacial score (nSPS) is 18.3. The fourth-order valence-electron chi connectivity index (χ4n) is 3.07. The lowest BCUT2D eigenvalue weighted by Gasteiger charge is -2.36. The van der Waals surface area contributed by atoms with E-state index in [4.69, 9.17) is 4.74 Å². The molecule has 0 radical (unpaired) electrons. The first kappa shape index (κ1) is 27.4. The molecule has 2 rings (SSSR count). The number of nitrogens with zero attached hydrogens (tertiary/aromatic N) is 3. The van der Waals surface area contributed by atoms with Gasteiger partial charge in [0.25, 0.3) is 0 Å². The van der Waals surface area contributed by atoms with Crippen molar-refractivity contribution in [2.75, 3.05) is 51.6 Å². The molecule has 0 unspecified atom stereocenters. The maximum Gasteiger partial charge on any atom is 0.220 e. The monoisotopic (exact) mass is 559 g/mol. The molecular formula is C19H38IN5O4S. The van der Waals surface area contributed by atoms with Crippen LogP contribution in [-0.2, 0) is 19.6 Å². The number of piperazine rings is 1. The molecule has 0 aromatic carbocycles. The van der Waals surface area contributed by atoms with E-state index in [1.807, 2.05) is 20.8 Å². The van der Waals surface area contributed by atoms with E-state index in [0.29, 0.717) is 51.6 Å². The molecule has 1 aliphatic heterocycles. The summed E-state index contributed by atoms with van der Waals surface area (Å²) in [5, 5.41) is 6.26. The van der Waals surface area contributed by atoms with E-state index < -0.39 is 10.0 Å². The number of hydrogen-bond donors (Lipinski definition) is 2. The van der Waals surface area contributed by atoms with Gasteiger partial charge in [-0.25, -0.2) is 8.42 Å². The highest BCUT2D eigenvalue weighted by molar-refractivity contribution is 14.0. The minimum absolute atomic E-state index is 0. The molecule has 1 aliphatic carbocycles. The Balaban J connectivity index is 0.00000450. The van der Waals surface area contributed by atoms with Crippen LogP contribution in [0.15, 0.2) is 4.99 Å². The van der Waals surface area contributed by atoms with Gasteiger partial charge in [-0.3, -0.25) is 9.79 Å². The number of hydrogen-bond acceptors (Lipinski definition) is 5. The first-order valence-electron chi connectivity index (χ1n) is 10.7. The summed E-state index contributed by atoms with van der Waals surface area (Å²) in [5.74, 6) is 0.908. The van der Waals surface area contributed by atoms with E-state index in [-0.39, 0.29) is 48.3 Å². The Morgan fingerprint density at radius 3 is 2.43 bits per heavy atom. The lowest BCUT2D eigenvalue weighted by molar-refractivity contribution is -0.121. The molecule has 1 heterocycles. The Morgan fingerprint density at radius 2 is 1.87 bits per heavy atom. The number of nitrogens with one attached hydrogen (secondary N) is 2. The number of rotatable bonds is 11. The van der Waals surface area contributed by atoms with Crippen LogP contribution in [0.2, 0.25) is 0 Å². The molecule has 0 bridgehead atoms. The van der Waals surface area contributed by atoms with Crippen molar-refractivity contribution in [1.29, 1.82) is 0 Å². The van der Waals surface area contributed by atoms with E-state index in [1.165, 1.54) is 0 Å². The number of guanidine groups is 1. The van der Waals surface area contributed by atoms with Gasteiger partial charge in [-0.05, 0) is 40.0 Å². The Kier molecular flexibility index (Phi) is 12.5. The number of carbonyl (C=O) groups excluding carboxylic acids is 1. The van der Waals surface area contributed by atoms with Gasteiger partial charge in [0.2, 0.25) is 15.9 Å². The van der Waals surface area contributed by atoms with Crippen molar-refractivity contribution in [2.24, 2.45) is 4.99 Å². The highest BCUT2D eigenvalue weighted by Crippen LogP contribution is 2.18. The van der Waals surface area contributed by atoms with Gasteiger partial charge in [0, 0.05) is 51.7 Å². The van der Waals surface area contributed by atoms with E-state index in [9.17, 15) is 13.2 Å². The SMILES string of the molecule is CCNC(=NCCCC(=O)NC1CC1)N1CCN(S(=O)(=O)CCOC(C)C)CC1.I. The molecule has 176 valence electrons. The summed E-state index contributed by atoms with van der Waals surface area (Å²) in [5.41, 5.74) is 0. The third-order valence-corrected chi connectivity index (χ3v) is 6.66. The van der Waals surface area contributed by atoms with Gasteiger partial charge in [0.1, 0.15) is 0 Å². The molecule has 0 spiro atoms. The number of amides is 1. The molecule has 2 aliphatic rings. The summed E-state index contributed by atoms with van der Waals surface area (Å²) in [4.78, 5) is 18.5. The van der Waals surface area contributed by atoms with E-state index in [2.05, 4.69) is 20.5 Å². The van der Waals surface area contributed by atoms with Gasteiger partial charge in [-0.2, -0.15) is 4.31 Å². The zero-order chi connectivity index (χ0) is 21.3. The molecule has 11 heteroatoms. The van der Waals surface area contributed by atoms with Crippen LogP contribution >= 0.6 is 24.0 Å². The lowest BCUT2D eigenvalue weighted by atomic mass is 10.3. The van der Waals surface area contributed by atoms with Gasteiger partial charge in [-0.1, -0.05) is 0 Å². The van der Waals surface area contributed by atoms with Crippen molar-refractivity contribution >= 4 is 45.9 Å². The summed E-state index contributed by atoms with van der Waals surface area (Å²) in [6.07, 6.45) is 3.42. The summed E-state index contributed by atoms with van der Waals surface area (Å²) in [7, 11) is -3.30. The van der Waals surface area contributed by atoms with Gasteiger partial charge in [0.05, 0.1) is 18.5 Å². The second-order valence-corrected chi connectivity index (χ2v) is 9.89. The Hall–Kier alpha value is -0.660. The minimum Gasteiger partial charge on any atom is -0.378 e. The predicted octanol–water partition coefficient (Wildman–Crippen LogP) is 1.00. The van der Waals surface area contributed by atoms with Crippen molar-refractivity contribution in [3.05, 3.63) is 0 Å². The molecule has 2 N–H and O–H groups in total. The first-order valence-corrected chi connectivity index (χ1v) is 12.3. The van der Waals surface area contributed by atoms with E-state index in [1.54, 1.807) is 4.31 Å². The molecule has 30 heavy (non-hydrogen) atoms. The number of ether oxygens (including phenoxy) is 1. The minimum atomic E-state index is -3.30. The first-order chi connectivity index (χ1) is 13.8. The number of halogens is 1. The second kappa shape index (κ2) is 13.7. The van der Waals surface area contributed by atoms with Crippen LogP contribution in [0.4, 0.5) is 0 Å². The highest BCUT2D eigenvalue weighted by Gasteiger charge is 2.28.